The smallest absolute Gasteiger partial charge is 0.312 e. The zero-order valence-electron chi connectivity index (χ0n) is 14.3. The molecule has 1 spiro atoms. The predicted octanol–water partition coefficient (Wildman–Crippen LogP) is 1.93. The van der Waals surface area contributed by atoms with E-state index < -0.39 is 17.4 Å². The Bertz CT molecular complexity index is 728. The monoisotopic (exact) mass is 343 g/mol. The summed E-state index contributed by atoms with van der Waals surface area (Å²) in [6.07, 6.45) is 4.21. The highest BCUT2D eigenvalue weighted by Crippen LogP contribution is 2.52. The lowest BCUT2D eigenvalue weighted by molar-refractivity contribution is -0.152. The van der Waals surface area contributed by atoms with E-state index in [1.54, 1.807) is 12.0 Å². The molecule has 3 aliphatic rings. The van der Waals surface area contributed by atoms with Crippen molar-refractivity contribution < 1.29 is 23.8 Å². The minimum absolute atomic E-state index is 0.0875. The Balaban J connectivity index is 1.61. The number of esters is 1. The van der Waals surface area contributed by atoms with Crippen molar-refractivity contribution >= 4 is 17.6 Å². The van der Waals surface area contributed by atoms with Crippen molar-refractivity contribution in [2.24, 2.45) is 11.8 Å². The number of hydrogen-bond acceptors (Lipinski definition) is 5. The fourth-order valence-electron chi connectivity index (χ4n) is 4.05. The third-order valence-corrected chi connectivity index (χ3v) is 5.21. The number of methoxy groups -OCH3 is 1. The Hall–Kier alpha value is -2.34. The summed E-state index contributed by atoms with van der Waals surface area (Å²) in [5.74, 6) is -0.781. The molecule has 3 heterocycles. The standard InChI is InChI=1S/C19H21NO5/c1-3-10-24-18(22)15-14-8-9-19(25-14)11-20(17(21)16(15)19)12-4-6-13(23-2)7-5-12/h4-9,14-16H,3,10-11H2,1-2H3/t14-,15+,16-,19-/m0/s1. The van der Waals surface area contributed by atoms with Gasteiger partial charge in [0, 0.05) is 5.69 Å². The van der Waals surface area contributed by atoms with Gasteiger partial charge in [0.2, 0.25) is 5.91 Å². The molecule has 132 valence electrons. The maximum absolute atomic E-state index is 13.1. The van der Waals surface area contributed by atoms with E-state index in [9.17, 15) is 9.59 Å². The van der Waals surface area contributed by atoms with E-state index in [0.717, 1.165) is 17.9 Å². The maximum Gasteiger partial charge on any atom is 0.312 e. The van der Waals surface area contributed by atoms with Crippen molar-refractivity contribution in [1.29, 1.82) is 0 Å². The Morgan fingerprint density at radius 3 is 2.80 bits per heavy atom. The number of anilines is 1. The van der Waals surface area contributed by atoms with Gasteiger partial charge in [-0.2, -0.15) is 0 Å². The number of hydrogen-bond donors (Lipinski definition) is 0. The van der Waals surface area contributed by atoms with Crippen molar-refractivity contribution in [2.75, 3.05) is 25.2 Å². The van der Waals surface area contributed by atoms with Gasteiger partial charge in [-0.3, -0.25) is 9.59 Å². The van der Waals surface area contributed by atoms with Gasteiger partial charge in [0.05, 0.1) is 32.3 Å². The Kier molecular flexibility index (Phi) is 3.80. The van der Waals surface area contributed by atoms with Gasteiger partial charge in [-0.05, 0) is 30.7 Å². The second kappa shape index (κ2) is 5.88. The molecule has 2 bridgehead atoms. The number of carbonyl (C=O) groups is 2. The first kappa shape index (κ1) is 16.1. The number of carbonyl (C=O) groups excluding carboxylic acids is 2. The topological polar surface area (TPSA) is 65.1 Å². The Morgan fingerprint density at radius 1 is 1.36 bits per heavy atom. The number of benzene rings is 1. The molecule has 0 aromatic heterocycles. The van der Waals surface area contributed by atoms with Gasteiger partial charge < -0.3 is 19.1 Å². The number of fused-ring (bicyclic) bond motifs is 1. The molecular formula is C19H21NO5. The highest BCUT2D eigenvalue weighted by atomic mass is 16.6. The average molecular weight is 343 g/mol. The third-order valence-electron chi connectivity index (χ3n) is 5.21. The van der Waals surface area contributed by atoms with E-state index in [0.29, 0.717) is 13.2 Å². The second-order valence-corrected chi connectivity index (χ2v) is 6.69. The molecule has 0 radical (unpaired) electrons. The predicted molar refractivity (Wildman–Crippen MR) is 90.3 cm³/mol. The Labute approximate surface area is 146 Å². The van der Waals surface area contributed by atoms with Gasteiger partial charge in [-0.1, -0.05) is 19.1 Å². The number of amides is 1. The molecule has 4 rings (SSSR count). The van der Waals surface area contributed by atoms with Crippen LogP contribution >= 0.6 is 0 Å². The van der Waals surface area contributed by atoms with E-state index in [1.165, 1.54) is 0 Å². The van der Waals surface area contributed by atoms with Crippen LogP contribution in [0, 0.1) is 11.8 Å². The molecule has 0 N–H and O–H groups in total. The fraction of sp³-hybridized carbons (Fsp3) is 0.474. The summed E-state index contributed by atoms with van der Waals surface area (Å²) in [6, 6.07) is 7.31. The summed E-state index contributed by atoms with van der Waals surface area (Å²) in [5.41, 5.74) is 0.0492. The number of ether oxygens (including phenoxy) is 3. The minimum atomic E-state index is -0.725. The van der Waals surface area contributed by atoms with Crippen molar-refractivity contribution in [3.05, 3.63) is 36.4 Å². The fourth-order valence-corrected chi connectivity index (χ4v) is 4.05. The van der Waals surface area contributed by atoms with E-state index >= 15 is 0 Å². The van der Waals surface area contributed by atoms with Crippen LogP contribution < -0.4 is 9.64 Å². The van der Waals surface area contributed by atoms with Gasteiger partial charge in [0.15, 0.2) is 0 Å². The molecule has 0 aliphatic carbocycles. The molecule has 25 heavy (non-hydrogen) atoms. The largest absolute Gasteiger partial charge is 0.497 e. The highest BCUT2D eigenvalue weighted by Gasteiger charge is 2.67. The van der Waals surface area contributed by atoms with Gasteiger partial charge in [0.1, 0.15) is 17.3 Å². The molecule has 0 saturated carbocycles. The van der Waals surface area contributed by atoms with Crippen LogP contribution in [0.4, 0.5) is 5.69 Å². The third kappa shape index (κ3) is 2.35. The molecule has 6 heteroatoms. The van der Waals surface area contributed by atoms with Crippen molar-refractivity contribution in [1.82, 2.24) is 0 Å². The quantitative estimate of drug-likeness (QED) is 0.604. The molecule has 6 nitrogen and oxygen atoms in total. The Morgan fingerprint density at radius 2 is 2.12 bits per heavy atom. The van der Waals surface area contributed by atoms with Crippen LogP contribution in [0.5, 0.6) is 5.75 Å². The van der Waals surface area contributed by atoms with Gasteiger partial charge in [-0.25, -0.2) is 0 Å². The summed E-state index contributed by atoms with van der Waals surface area (Å²) in [7, 11) is 1.60. The lowest BCUT2D eigenvalue weighted by Gasteiger charge is -2.22. The second-order valence-electron chi connectivity index (χ2n) is 6.69. The molecule has 4 atom stereocenters. The van der Waals surface area contributed by atoms with Crippen LogP contribution in [0.3, 0.4) is 0 Å². The minimum Gasteiger partial charge on any atom is -0.497 e. The molecule has 1 amide bonds. The SMILES string of the molecule is CCCOC(=O)[C@@H]1[C@@H]2C=C[C@@]3(CN(c4ccc(OC)cc4)C(=O)[C@H]13)O2. The summed E-state index contributed by atoms with van der Waals surface area (Å²) < 4.78 is 16.5. The van der Waals surface area contributed by atoms with Gasteiger partial charge in [-0.15, -0.1) is 0 Å². The van der Waals surface area contributed by atoms with Crippen LogP contribution in [0.2, 0.25) is 0 Å². The van der Waals surface area contributed by atoms with Crippen molar-refractivity contribution in [3.63, 3.8) is 0 Å². The zero-order chi connectivity index (χ0) is 17.6. The zero-order valence-corrected chi connectivity index (χ0v) is 14.3. The van der Waals surface area contributed by atoms with E-state index in [4.69, 9.17) is 14.2 Å². The lowest BCUT2D eigenvalue weighted by atomic mass is 9.77. The number of nitrogens with zero attached hydrogens (tertiary/aromatic N) is 1. The molecule has 1 aromatic rings. The van der Waals surface area contributed by atoms with E-state index in [-0.39, 0.29) is 18.0 Å². The van der Waals surface area contributed by atoms with Crippen LogP contribution in [-0.2, 0) is 19.1 Å². The molecule has 0 unspecified atom stereocenters. The van der Waals surface area contributed by atoms with Crippen molar-refractivity contribution in [2.45, 2.75) is 25.0 Å². The van der Waals surface area contributed by atoms with Gasteiger partial charge >= 0.3 is 5.97 Å². The van der Waals surface area contributed by atoms with E-state index in [1.807, 2.05) is 43.3 Å². The first-order valence-corrected chi connectivity index (χ1v) is 8.59. The van der Waals surface area contributed by atoms with Crippen LogP contribution in [-0.4, -0.2) is 43.8 Å². The molecule has 2 saturated heterocycles. The van der Waals surface area contributed by atoms with Crippen molar-refractivity contribution in [3.8, 4) is 5.75 Å². The van der Waals surface area contributed by atoms with Crippen LogP contribution in [0.15, 0.2) is 36.4 Å². The molecule has 3 aliphatic heterocycles. The highest BCUT2D eigenvalue weighted by molar-refractivity contribution is 6.02. The van der Waals surface area contributed by atoms with E-state index in [2.05, 4.69) is 0 Å². The molecule has 2 fully saturated rings. The average Bonchev–Trinajstić information content (AvgIpc) is 3.28. The first-order chi connectivity index (χ1) is 12.1. The summed E-state index contributed by atoms with van der Waals surface area (Å²) in [4.78, 5) is 27.3. The van der Waals surface area contributed by atoms with Crippen LogP contribution in [0.25, 0.3) is 0 Å². The summed E-state index contributed by atoms with van der Waals surface area (Å²) in [5, 5.41) is 0. The summed E-state index contributed by atoms with van der Waals surface area (Å²) >= 11 is 0. The lowest BCUT2D eigenvalue weighted by Crippen LogP contribution is -2.40. The number of rotatable bonds is 5. The molecular weight excluding hydrogens is 322 g/mol. The molecule has 1 aromatic carbocycles. The van der Waals surface area contributed by atoms with Gasteiger partial charge in [0.25, 0.3) is 0 Å². The summed E-state index contributed by atoms with van der Waals surface area (Å²) in [6.45, 7) is 2.72. The maximum atomic E-state index is 13.1. The van der Waals surface area contributed by atoms with Crippen LogP contribution in [0.1, 0.15) is 13.3 Å². The normalized spacial score (nSPS) is 32.2. The first-order valence-electron chi connectivity index (χ1n) is 8.59.